The lowest BCUT2D eigenvalue weighted by Crippen LogP contribution is -2.38. The van der Waals surface area contributed by atoms with Gasteiger partial charge in [-0.3, -0.25) is 0 Å². The van der Waals surface area contributed by atoms with Crippen LogP contribution in [0.3, 0.4) is 0 Å². The molecule has 10 nitrogen and oxygen atoms in total. The lowest BCUT2D eigenvalue weighted by Gasteiger charge is -2.30. The smallest absolute Gasteiger partial charge is 0.289 e. The van der Waals surface area contributed by atoms with E-state index in [1.807, 2.05) is 13.0 Å². The number of fused-ring (bicyclic) bond motifs is 1. The van der Waals surface area contributed by atoms with Gasteiger partial charge in [-0.05, 0) is 12.1 Å². The second kappa shape index (κ2) is 9.95. The van der Waals surface area contributed by atoms with E-state index in [4.69, 9.17) is 14.2 Å². The van der Waals surface area contributed by atoms with E-state index in [0.29, 0.717) is 28.7 Å². The Bertz CT molecular complexity index is 1580. The number of nitrogens with zero attached hydrogens (tertiary/aromatic N) is 4. The van der Waals surface area contributed by atoms with Gasteiger partial charge in [-0.2, -0.15) is 5.26 Å². The molecule has 1 aliphatic rings. The summed E-state index contributed by atoms with van der Waals surface area (Å²) in [4.78, 5) is 15.6. The predicted octanol–water partition coefficient (Wildman–Crippen LogP) is 4.37. The normalized spacial score (nSPS) is 16.9. The van der Waals surface area contributed by atoms with E-state index in [1.54, 1.807) is 12.3 Å². The van der Waals surface area contributed by atoms with Crippen LogP contribution in [0.5, 0.6) is 17.4 Å². The monoisotopic (exact) mass is 520 g/mol. The number of nitriles is 1. The lowest BCUT2D eigenvalue weighted by molar-refractivity contribution is 0.0706. The number of nitrogens with one attached hydrogen (secondary N) is 2. The third kappa shape index (κ3) is 4.67. The summed E-state index contributed by atoms with van der Waals surface area (Å²) < 4.78 is 46.4. The van der Waals surface area contributed by atoms with Crippen LogP contribution < -0.4 is 14.8 Å². The third-order valence-corrected chi connectivity index (χ3v) is 6.02. The summed E-state index contributed by atoms with van der Waals surface area (Å²) in [6.07, 6.45) is 4.59. The number of pyridine rings is 2. The first-order chi connectivity index (χ1) is 18.3. The van der Waals surface area contributed by atoms with Gasteiger partial charge in [-0.25, -0.2) is 23.7 Å². The Morgan fingerprint density at radius 3 is 2.71 bits per heavy atom. The first-order valence-electron chi connectivity index (χ1n) is 11.5. The minimum atomic E-state index is -0.955. The molecule has 0 bridgehead atoms. The molecule has 0 amide bonds. The molecule has 38 heavy (non-hydrogen) atoms. The zero-order valence-corrected chi connectivity index (χ0v) is 20.4. The van der Waals surface area contributed by atoms with E-state index in [2.05, 4.69) is 25.3 Å². The maximum atomic E-state index is 15.1. The number of methoxy groups -OCH3 is 1. The lowest BCUT2D eigenvalue weighted by atomic mass is 9.93. The van der Waals surface area contributed by atoms with Gasteiger partial charge < -0.3 is 29.6 Å². The Balaban J connectivity index is 1.46. The summed E-state index contributed by atoms with van der Waals surface area (Å²) in [7, 11) is 1.41. The van der Waals surface area contributed by atoms with Crippen LogP contribution in [-0.4, -0.2) is 52.9 Å². The molecule has 0 saturated carbocycles. The van der Waals surface area contributed by atoms with E-state index < -0.39 is 22.8 Å². The average Bonchev–Trinajstić information content (AvgIpc) is 3.37. The fraction of sp³-hybridized carbons (Fsp3) is 0.231. The molecule has 4 aromatic rings. The number of H-pyrrole nitrogens is 1. The number of ether oxygens (including phenoxy) is 3. The molecule has 0 radical (unpaired) electrons. The minimum absolute atomic E-state index is 0.0780. The van der Waals surface area contributed by atoms with Crippen molar-refractivity contribution in [1.29, 1.82) is 5.26 Å². The second-order valence-corrected chi connectivity index (χ2v) is 9.00. The zero-order chi connectivity index (χ0) is 26.9. The van der Waals surface area contributed by atoms with Gasteiger partial charge in [0, 0.05) is 53.0 Å². The molecule has 1 aromatic carbocycles. The molecule has 0 saturated heterocycles. The van der Waals surface area contributed by atoms with Crippen LogP contribution in [0.4, 0.5) is 14.5 Å². The SMILES string of the molecule is COc1ncc(-c2c[nH]c3nccc(Oc4c(F)cc(NC5=NC[C@](C)(CO)CO5)cc4F)c23)cc1C#N. The fourth-order valence-corrected chi connectivity index (χ4v) is 3.91. The summed E-state index contributed by atoms with van der Waals surface area (Å²) in [6.45, 7) is 2.23. The highest BCUT2D eigenvalue weighted by atomic mass is 19.1. The summed E-state index contributed by atoms with van der Waals surface area (Å²) in [5, 5.41) is 22.0. The van der Waals surface area contributed by atoms with Crippen molar-refractivity contribution in [3.05, 3.63) is 60.1 Å². The van der Waals surface area contributed by atoms with Crippen molar-refractivity contribution < 1.29 is 28.1 Å². The summed E-state index contributed by atoms with van der Waals surface area (Å²) in [5.74, 6) is -2.20. The second-order valence-electron chi connectivity index (χ2n) is 9.00. The number of aromatic nitrogens is 3. The van der Waals surface area contributed by atoms with Gasteiger partial charge in [0.1, 0.15) is 29.6 Å². The number of rotatable bonds is 6. The number of benzene rings is 1. The molecule has 194 valence electrons. The van der Waals surface area contributed by atoms with Crippen LogP contribution >= 0.6 is 0 Å². The van der Waals surface area contributed by atoms with Crippen molar-refractivity contribution in [3.8, 4) is 34.6 Å². The molecule has 0 aliphatic carbocycles. The van der Waals surface area contributed by atoms with Crippen LogP contribution in [0, 0.1) is 28.4 Å². The van der Waals surface area contributed by atoms with E-state index in [0.717, 1.165) is 12.1 Å². The number of aliphatic hydroxyl groups excluding tert-OH is 1. The van der Waals surface area contributed by atoms with E-state index in [9.17, 15) is 10.4 Å². The molecule has 12 heteroatoms. The standard InChI is InChI=1S/C26H22F2N6O4/c1-26(12-35)11-33-25(37-13-26)34-16-6-18(27)22(19(28)7-16)38-20-3-4-30-23-21(20)17(10-31-23)15-5-14(8-29)24(36-2)32-9-15/h3-7,9-10,35H,11-13H2,1-2H3,(H,30,31)(H,33,34)/t26-/m1/s1. The Hall–Kier alpha value is -4.76. The molecule has 1 atom stereocenters. The van der Waals surface area contributed by atoms with E-state index in [1.165, 1.54) is 25.6 Å². The number of hydrogen-bond acceptors (Lipinski definition) is 9. The zero-order valence-electron chi connectivity index (χ0n) is 20.4. The van der Waals surface area contributed by atoms with Crippen LogP contribution in [0.2, 0.25) is 0 Å². The topological polar surface area (TPSA) is 138 Å². The largest absolute Gasteiger partial charge is 0.480 e. The van der Waals surface area contributed by atoms with Gasteiger partial charge >= 0.3 is 0 Å². The molecular formula is C26H22F2N6O4. The number of anilines is 1. The van der Waals surface area contributed by atoms with Crippen molar-refractivity contribution in [3.63, 3.8) is 0 Å². The molecule has 4 heterocycles. The Morgan fingerprint density at radius 2 is 2.05 bits per heavy atom. The van der Waals surface area contributed by atoms with Gasteiger partial charge in [0.05, 0.1) is 25.6 Å². The molecule has 0 fully saturated rings. The highest BCUT2D eigenvalue weighted by Gasteiger charge is 2.29. The van der Waals surface area contributed by atoms with Crippen molar-refractivity contribution in [1.82, 2.24) is 15.0 Å². The maximum absolute atomic E-state index is 15.1. The van der Waals surface area contributed by atoms with Gasteiger partial charge in [-0.1, -0.05) is 6.92 Å². The minimum Gasteiger partial charge on any atom is -0.480 e. The maximum Gasteiger partial charge on any atom is 0.289 e. The molecule has 0 unspecified atom stereocenters. The summed E-state index contributed by atoms with van der Waals surface area (Å²) >= 11 is 0. The predicted molar refractivity (Wildman–Crippen MR) is 134 cm³/mol. The average molecular weight is 520 g/mol. The van der Waals surface area contributed by atoms with Crippen LogP contribution in [0.15, 0.2) is 47.8 Å². The first-order valence-corrected chi connectivity index (χ1v) is 11.5. The van der Waals surface area contributed by atoms with Gasteiger partial charge in [0.15, 0.2) is 17.4 Å². The molecule has 3 aromatic heterocycles. The Kier molecular flexibility index (Phi) is 6.52. The highest BCUT2D eigenvalue weighted by molar-refractivity contribution is 5.98. The summed E-state index contributed by atoms with van der Waals surface area (Å²) in [5.41, 5.74) is 1.32. The van der Waals surface area contributed by atoms with E-state index in [-0.39, 0.29) is 42.1 Å². The van der Waals surface area contributed by atoms with Crippen molar-refractivity contribution in [2.45, 2.75) is 6.92 Å². The van der Waals surface area contributed by atoms with Gasteiger partial charge in [-0.15, -0.1) is 0 Å². The fourth-order valence-electron chi connectivity index (χ4n) is 3.91. The van der Waals surface area contributed by atoms with Crippen molar-refractivity contribution >= 4 is 22.7 Å². The third-order valence-electron chi connectivity index (χ3n) is 6.02. The van der Waals surface area contributed by atoms with Gasteiger partial charge in [0.25, 0.3) is 6.02 Å². The molecule has 0 spiro atoms. The van der Waals surface area contributed by atoms with Crippen molar-refractivity contribution in [2.75, 3.05) is 32.2 Å². The van der Waals surface area contributed by atoms with Crippen LogP contribution in [0.1, 0.15) is 12.5 Å². The number of aromatic amines is 1. The Labute approximate surface area is 215 Å². The van der Waals surface area contributed by atoms with Crippen LogP contribution in [-0.2, 0) is 4.74 Å². The first kappa shape index (κ1) is 24.9. The molecule has 5 rings (SSSR count). The number of hydrogen-bond donors (Lipinski definition) is 3. The highest BCUT2D eigenvalue weighted by Crippen LogP contribution is 2.39. The van der Waals surface area contributed by atoms with Gasteiger partial charge in [0.2, 0.25) is 5.88 Å². The van der Waals surface area contributed by atoms with Crippen LogP contribution in [0.25, 0.3) is 22.2 Å². The Morgan fingerprint density at radius 1 is 1.26 bits per heavy atom. The quantitative estimate of drug-likeness (QED) is 0.341. The molecule has 3 N–H and O–H groups in total. The van der Waals surface area contributed by atoms with E-state index >= 15 is 8.78 Å². The molecular weight excluding hydrogens is 498 g/mol. The summed E-state index contributed by atoms with van der Waals surface area (Å²) in [6, 6.07) is 7.32. The number of amidine groups is 1. The van der Waals surface area contributed by atoms with Crippen molar-refractivity contribution in [2.24, 2.45) is 10.4 Å². The number of halogens is 2. The number of aliphatic imine (C=N–C) groups is 1. The molecule has 1 aliphatic heterocycles. The number of aliphatic hydroxyl groups is 1.